The van der Waals surface area contributed by atoms with E-state index < -0.39 is 17.8 Å². The lowest BCUT2D eigenvalue weighted by Gasteiger charge is -2.26. The highest BCUT2D eigenvalue weighted by atomic mass is 35.5. The fourth-order valence-electron chi connectivity index (χ4n) is 2.54. The molecule has 8 heteroatoms. The Bertz CT molecular complexity index is 934. The molecule has 2 aromatic rings. The van der Waals surface area contributed by atoms with Gasteiger partial charge < -0.3 is 4.74 Å². The predicted molar refractivity (Wildman–Crippen MR) is 102 cm³/mol. The number of amides is 4. The molecule has 0 atom stereocenters. The Balaban J connectivity index is 1.92. The normalized spacial score (nSPS) is 15.9. The third-order valence-electron chi connectivity index (χ3n) is 3.97. The largest absolute Gasteiger partial charge is 0.497 e. The number of barbiturate groups is 1. The Hall–Kier alpha value is -2.83. The van der Waals surface area contributed by atoms with Crippen LogP contribution < -0.4 is 10.1 Å². The third-order valence-corrected chi connectivity index (χ3v) is 4.63. The maximum atomic E-state index is 12.8. The second-order valence-corrected chi connectivity index (χ2v) is 6.51. The lowest BCUT2D eigenvalue weighted by atomic mass is 10.1. The fourth-order valence-corrected chi connectivity index (χ4v) is 3.05. The lowest BCUT2D eigenvalue weighted by molar-refractivity contribution is -0.130. The van der Waals surface area contributed by atoms with Crippen molar-refractivity contribution in [3.05, 3.63) is 69.2 Å². The molecule has 1 saturated heterocycles. The summed E-state index contributed by atoms with van der Waals surface area (Å²) in [7, 11) is 1.54. The first-order valence-corrected chi connectivity index (χ1v) is 8.62. The van der Waals surface area contributed by atoms with Crippen LogP contribution in [-0.4, -0.2) is 29.9 Å². The van der Waals surface area contributed by atoms with Gasteiger partial charge in [0.05, 0.1) is 13.7 Å². The standard InChI is InChI=1S/C19H14Cl2N2O4/c1-27-12-7-5-11(6-8-12)10-23-18(25)14(17(24)22-19(23)26)9-13-15(20)3-2-4-16(13)21/h2-9H,10H2,1H3,(H,22,24,26). The number of nitrogens with zero attached hydrogens (tertiary/aromatic N) is 1. The maximum Gasteiger partial charge on any atom is 0.331 e. The molecule has 0 aromatic heterocycles. The number of carbonyl (C=O) groups is 3. The minimum absolute atomic E-state index is 0.00443. The van der Waals surface area contributed by atoms with Crippen molar-refractivity contribution < 1.29 is 19.1 Å². The molecular formula is C19H14Cl2N2O4. The topological polar surface area (TPSA) is 75.7 Å². The zero-order valence-corrected chi connectivity index (χ0v) is 15.7. The zero-order valence-electron chi connectivity index (χ0n) is 14.2. The highest BCUT2D eigenvalue weighted by Gasteiger charge is 2.35. The smallest absolute Gasteiger partial charge is 0.331 e. The van der Waals surface area contributed by atoms with E-state index in [-0.39, 0.29) is 22.2 Å². The van der Waals surface area contributed by atoms with Crippen molar-refractivity contribution in [3.8, 4) is 5.75 Å². The van der Waals surface area contributed by atoms with Gasteiger partial charge in [-0.3, -0.25) is 19.8 Å². The van der Waals surface area contributed by atoms with Crippen molar-refractivity contribution in [2.45, 2.75) is 6.54 Å². The van der Waals surface area contributed by atoms with Crippen molar-refractivity contribution in [2.75, 3.05) is 7.11 Å². The van der Waals surface area contributed by atoms with Crippen molar-refractivity contribution in [1.29, 1.82) is 0 Å². The molecule has 6 nitrogen and oxygen atoms in total. The van der Waals surface area contributed by atoms with Crippen LogP contribution in [0.1, 0.15) is 11.1 Å². The SMILES string of the molecule is COc1ccc(CN2C(=O)NC(=O)C(=Cc3c(Cl)cccc3Cl)C2=O)cc1. The second-order valence-electron chi connectivity index (χ2n) is 5.69. The number of halogens is 2. The van der Waals surface area contributed by atoms with Gasteiger partial charge in [0, 0.05) is 15.6 Å². The van der Waals surface area contributed by atoms with E-state index in [1.165, 1.54) is 6.08 Å². The molecule has 1 fully saturated rings. The fraction of sp³-hybridized carbons (Fsp3) is 0.105. The molecule has 3 rings (SSSR count). The van der Waals surface area contributed by atoms with Crippen molar-refractivity contribution >= 4 is 47.1 Å². The molecule has 0 spiro atoms. The van der Waals surface area contributed by atoms with Gasteiger partial charge in [-0.25, -0.2) is 4.79 Å². The molecule has 0 aliphatic carbocycles. The van der Waals surface area contributed by atoms with E-state index >= 15 is 0 Å². The number of hydrogen-bond donors (Lipinski definition) is 1. The number of nitrogens with one attached hydrogen (secondary N) is 1. The summed E-state index contributed by atoms with van der Waals surface area (Å²) in [5.41, 5.74) is 0.806. The number of carbonyl (C=O) groups excluding carboxylic acids is 3. The van der Waals surface area contributed by atoms with E-state index in [2.05, 4.69) is 5.32 Å². The van der Waals surface area contributed by atoms with Gasteiger partial charge in [-0.2, -0.15) is 0 Å². The Labute approximate surface area is 165 Å². The number of imide groups is 2. The Morgan fingerprint density at radius 2 is 1.67 bits per heavy atom. The van der Waals surface area contributed by atoms with Crippen LogP contribution in [0.3, 0.4) is 0 Å². The van der Waals surface area contributed by atoms with Gasteiger partial charge in [-0.1, -0.05) is 41.4 Å². The summed E-state index contributed by atoms with van der Waals surface area (Å²) >= 11 is 12.2. The first kappa shape index (κ1) is 18.9. The average molecular weight is 405 g/mol. The number of benzene rings is 2. The maximum absolute atomic E-state index is 12.8. The first-order chi connectivity index (χ1) is 12.9. The highest BCUT2D eigenvalue weighted by Crippen LogP contribution is 2.28. The van der Waals surface area contributed by atoms with Gasteiger partial charge in [0.25, 0.3) is 11.8 Å². The molecule has 4 amide bonds. The van der Waals surface area contributed by atoms with Crippen LogP contribution >= 0.6 is 23.2 Å². The molecule has 1 N–H and O–H groups in total. The van der Waals surface area contributed by atoms with Crippen LogP contribution in [0, 0.1) is 0 Å². The van der Waals surface area contributed by atoms with Gasteiger partial charge >= 0.3 is 6.03 Å². The van der Waals surface area contributed by atoms with Crippen LogP contribution in [0.2, 0.25) is 10.0 Å². The summed E-state index contributed by atoms with van der Waals surface area (Å²) in [5.74, 6) is -0.875. The highest BCUT2D eigenvalue weighted by molar-refractivity contribution is 6.38. The Morgan fingerprint density at radius 3 is 2.26 bits per heavy atom. The summed E-state index contributed by atoms with van der Waals surface area (Å²) < 4.78 is 5.08. The molecule has 2 aromatic carbocycles. The van der Waals surface area contributed by atoms with Crippen LogP contribution in [0.25, 0.3) is 6.08 Å². The first-order valence-electron chi connectivity index (χ1n) is 7.86. The monoisotopic (exact) mass is 404 g/mol. The van der Waals surface area contributed by atoms with E-state index in [4.69, 9.17) is 27.9 Å². The Morgan fingerprint density at radius 1 is 1.04 bits per heavy atom. The summed E-state index contributed by atoms with van der Waals surface area (Å²) in [5, 5.41) is 2.73. The van der Waals surface area contributed by atoms with Crippen LogP contribution in [-0.2, 0) is 16.1 Å². The molecule has 0 radical (unpaired) electrons. The number of rotatable bonds is 4. The van der Waals surface area contributed by atoms with E-state index in [0.29, 0.717) is 16.9 Å². The van der Waals surface area contributed by atoms with Crippen LogP contribution in [0.4, 0.5) is 4.79 Å². The molecule has 1 aliphatic rings. The average Bonchev–Trinajstić information content (AvgIpc) is 2.64. The minimum Gasteiger partial charge on any atom is -0.497 e. The third kappa shape index (κ3) is 3.97. The molecule has 1 aliphatic heterocycles. The molecule has 27 heavy (non-hydrogen) atoms. The minimum atomic E-state index is -0.799. The number of ether oxygens (including phenoxy) is 1. The summed E-state index contributed by atoms with van der Waals surface area (Å²) in [6, 6.07) is 10.9. The summed E-state index contributed by atoms with van der Waals surface area (Å²) in [4.78, 5) is 38.0. The van der Waals surface area contributed by atoms with Crippen LogP contribution in [0.5, 0.6) is 5.75 Å². The lowest BCUT2D eigenvalue weighted by Crippen LogP contribution is -2.53. The van der Waals surface area contributed by atoms with E-state index in [9.17, 15) is 14.4 Å². The van der Waals surface area contributed by atoms with Crippen molar-refractivity contribution in [2.24, 2.45) is 0 Å². The number of hydrogen-bond acceptors (Lipinski definition) is 4. The Kier molecular flexibility index (Phi) is 5.48. The molecule has 1 heterocycles. The molecule has 0 saturated carbocycles. The molecule has 138 valence electrons. The quantitative estimate of drug-likeness (QED) is 0.622. The molecule has 0 unspecified atom stereocenters. The summed E-state index contributed by atoms with van der Waals surface area (Å²) in [6.07, 6.45) is 1.29. The van der Waals surface area contributed by atoms with E-state index in [0.717, 1.165) is 4.90 Å². The van der Waals surface area contributed by atoms with Gasteiger partial charge in [0.2, 0.25) is 0 Å². The number of urea groups is 1. The van der Waals surface area contributed by atoms with Crippen molar-refractivity contribution in [1.82, 2.24) is 10.2 Å². The predicted octanol–water partition coefficient (Wildman–Crippen LogP) is 3.66. The van der Waals surface area contributed by atoms with Gasteiger partial charge in [-0.15, -0.1) is 0 Å². The number of methoxy groups -OCH3 is 1. The molecule has 0 bridgehead atoms. The van der Waals surface area contributed by atoms with Crippen molar-refractivity contribution in [3.63, 3.8) is 0 Å². The van der Waals surface area contributed by atoms with Gasteiger partial charge in [0.1, 0.15) is 11.3 Å². The zero-order chi connectivity index (χ0) is 19.6. The van der Waals surface area contributed by atoms with Gasteiger partial charge in [0.15, 0.2) is 0 Å². The van der Waals surface area contributed by atoms with Gasteiger partial charge in [-0.05, 0) is 35.9 Å². The van der Waals surface area contributed by atoms with E-state index in [1.807, 2.05) is 0 Å². The van der Waals surface area contributed by atoms with Crippen LogP contribution in [0.15, 0.2) is 48.0 Å². The summed E-state index contributed by atoms with van der Waals surface area (Å²) in [6.45, 7) is -0.00443. The second kappa shape index (κ2) is 7.82. The molecular weight excluding hydrogens is 391 g/mol. The van der Waals surface area contributed by atoms with E-state index in [1.54, 1.807) is 49.6 Å².